The number of benzene rings is 3. The van der Waals surface area contributed by atoms with Crippen molar-refractivity contribution in [1.29, 1.82) is 0 Å². The highest BCUT2D eigenvalue weighted by atomic mass is 32.2. The molecular formula is C26H24N2O7S. The number of esters is 1. The molecule has 1 amide bonds. The van der Waals surface area contributed by atoms with Crippen molar-refractivity contribution in [3.8, 4) is 5.75 Å². The Morgan fingerprint density at radius 2 is 1.75 bits per heavy atom. The van der Waals surface area contributed by atoms with Crippen LogP contribution in [0.3, 0.4) is 0 Å². The number of carbonyl (C=O) groups excluding carboxylic acids is 2. The number of rotatable bonds is 7. The molecule has 0 fully saturated rings. The average Bonchev–Trinajstić information content (AvgIpc) is 3.41. The summed E-state index contributed by atoms with van der Waals surface area (Å²) in [4.78, 5) is 28.1. The Balaban J connectivity index is 1.89. The minimum absolute atomic E-state index is 0.00955. The largest absolute Gasteiger partial charge is 0.497 e. The van der Waals surface area contributed by atoms with E-state index in [1.54, 1.807) is 54.5 Å². The van der Waals surface area contributed by atoms with Crippen molar-refractivity contribution in [2.24, 2.45) is 0 Å². The van der Waals surface area contributed by atoms with Crippen LogP contribution in [0.4, 0.5) is 0 Å². The van der Waals surface area contributed by atoms with Crippen LogP contribution in [0.2, 0.25) is 0 Å². The molecule has 1 aliphatic rings. The predicted molar refractivity (Wildman–Crippen MR) is 133 cm³/mol. The Kier molecular flexibility index (Phi) is 5.93. The van der Waals surface area contributed by atoms with E-state index in [9.17, 15) is 18.0 Å². The van der Waals surface area contributed by atoms with Gasteiger partial charge in [0, 0.05) is 31.0 Å². The molecule has 1 aromatic heterocycles. The zero-order valence-corrected chi connectivity index (χ0v) is 20.8. The number of ether oxygens (including phenoxy) is 3. The summed E-state index contributed by atoms with van der Waals surface area (Å²) < 4.78 is 44.5. The summed E-state index contributed by atoms with van der Waals surface area (Å²) in [6.07, 6.45) is 0. The van der Waals surface area contributed by atoms with Gasteiger partial charge in [-0.25, -0.2) is 17.2 Å². The number of para-hydroxylation sites is 1. The van der Waals surface area contributed by atoms with Gasteiger partial charge >= 0.3 is 5.97 Å². The van der Waals surface area contributed by atoms with Gasteiger partial charge in [0.15, 0.2) is 0 Å². The molecule has 4 aromatic rings. The molecule has 9 nitrogen and oxygen atoms in total. The van der Waals surface area contributed by atoms with E-state index in [1.165, 1.54) is 26.4 Å². The van der Waals surface area contributed by atoms with E-state index in [-0.39, 0.29) is 28.4 Å². The van der Waals surface area contributed by atoms with Crippen molar-refractivity contribution in [2.75, 3.05) is 34.5 Å². The second kappa shape index (κ2) is 8.96. The van der Waals surface area contributed by atoms with Crippen LogP contribution in [-0.4, -0.2) is 63.6 Å². The summed E-state index contributed by atoms with van der Waals surface area (Å²) in [7, 11) is 0.0934. The fourth-order valence-corrected chi connectivity index (χ4v) is 6.28. The molecule has 0 saturated carbocycles. The lowest BCUT2D eigenvalue weighted by Gasteiger charge is -2.14. The summed E-state index contributed by atoms with van der Waals surface area (Å²) >= 11 is 0. The van der Waals surface area contributed by atoms with Crippen LogP contribution in [0.15, 0.2) is 59.5 Å². The van der Waals surface area contributed by atoms with E-state index >= 15 is 0 Å². The summed E-state index contributed by atoms with van der Waals surface area (Å²) in [6.45, 7) is 0.990. The fourth-order valence-electron chi connectivity index (χ4n) is 4.74. The fraction of sp³-hybridized carbons (Fsp3) is 0.231. The molecule has 0 bridgehead atoms. The number of methoxy groups -OCH3 is 3. The number of hydrogen-bond acceptors (Lipinski definition) is 7. The molecule has 5 rings (SSSR count). The SMILES string of the molecule is COCCN1Cc2cc(C(=O)OC)c3c(c2C1=O)c1ccccc1n3S(=O)(=O)c1ccc(OC)cc1. The number of carbonyl (C=O) groups is 2. The molecule has 0 atom stereocenters. The quantitative estimate of drug-likeness (QED) is 0.352. The lowest BCUT2D eigenvalue weighted by Crippen LogP contribution is -2.27. The number of aromatic nitrogens is 1. The zero-order chi connectivity index (χ0) is 25.6. The molecule has 10 heteroatoms. The Bertz CT molecular complexity index is 1620. The maximum Gasteiger partial charge on any atom is 0.340 e. The van der Waals surface area contributed by atoms with Gasteiger partial charge in [-0.2, -0.15) is 0 Å². The van der Waals surface area contributed by atoms with E-state index in [1.807, 2.05) is 0 Å². The van der Waals surface area contributed by atoms with Crippen LogP contribution in [0.1, 0.15) is 26.3 Å². The second-order valence-corrected chi connectivity index (χ2v) is 10.1. The third-order valence-electron chi connectivity index (χ3n) is 6.41. The highest BCUT2D eigenvalue weighted by Gasteiger charge is 2.36. The van der Waals surface area contributed by atoms with Gasteiger partial charge in [-0.05, 0) is 42.0 Å². The van der Waals surface area contributed by atoms with Gasteiger partial charge in [0.25, 0.3) is 15.9 Å². The van der Waals surface area contributed by atoms with E-state index < -0.39 is 16.0 Å². The molecule has 3 aromatic carbocycles. The Hall–Kier alpha value is -3.89. The number of amides is 1. The monoisotopic (exact) mass is 508 g/mol. The van der Waals surface area contributed by atoms with Crippen LogP contribution < -0.4 is 4.74 Å². The second-order valence-electron chi connectivity index (χ2n) is 8.36. The average molecular weight is 509 g/mol. The van der Waals surface area contributed by atoms with Gasteiger partial charge in [0.2, 0.25) is 0 Å². The van der Waals surface area contributed by atoms with Crippen molar-refractivity contribution in [2.45, 2.75) is 11.4 Å². The standard InChI is InChI=1S/C26H24N2O7S/c1-33-13-12-27-15-16-14-20(26(30)35-3)24-23(22(16)25(27)29)19-6-4-5-7-21(19)28(24)36(31,32)18-10-8-17(34-2)9-11-18/h4-11,14H,12-13,15H2,1-3H3. The maximum absolute atomic E-state index is 14.0. The van der Waals surface area contributed by atoms with E-state index in [4.69, 9.17) is 14.2 Å². The van der Waals surface area contributed by atoms with Crippen LogP contribution in [0, 0.1) is 0 Å². The molecule has 36 heavy (non-hydrogen) atoms. The van der Waals surface area contributed by atoms with Crippen molar-refractivity contribution in [3.63, 3.8) is 0 Å². The van der Waals surface area contributed by atoms with Gasteiger partial charge in [0.1, 0.15) is 5.75 Å². The molecule has 1 aliphatic heterocycles. The number of fused-ring (bicyclic) bond motifs is 5. The van der Waals surface area contributed by atoms with Gasteiger partial charge in [-0.1, -0.05) is 18.2 Å². The minimum atomic E-state index is -4.19. The first kappa shape index (κ1) is 23.8. The van der Waals surface area contributed by atoms with E-state index in [2.05, 4.69) is 0 Å². The van der Waals surface area contributed by atoms with Crippen LogP contribution >= 0.6 is 0 Å². The lowest BCUT2D eigenvalue weighted by atomic mass is 9.98. The van der Waals surface area contributed by atoms with Crippen molar-refractivity contribution in [1.82, 2.24) is 8.87 Å². The summed E-state index contributed by atoms with van der Waals surface area (Å²) in [6, 6.07) is 14.4. The topological polar surface area (TPSA) is 104 Å². The van der Waals surface area contributed by atoms with Gasteiger partial charge < -0.3 is 19.1 Å². The lowest BCUT2D eigenvalue weighted by molar-refractivity contribution is 0.0602. The molecular weight excluding hydrogens is 484 g/mol. The summed E-state index contributed by atoms with van der Waals surface area (Å²) in [5, 5.41) is 0.957. The van der Waals surface area contributed by atoms with Gasteiger partial charge in [-0.15, -0.1) is 0 Å². The minimum Gasteiger partial charge on any atom is -0.497 e. The van der Waals surface area contributed by atoms with E-state index in [0.717, 1.165) is 3.97 Å². The van der Waals surface area contributed by atoms with Crippen LogP contribution in [0.25, 0.3) is 21.8 Å². The Morgan fingerprint density at radius 3 is 2.42 bits per heavy atom. The Morgan fingerprint density at radius 1 is 1.03 bits per heavy atom. The maximum atomic E-state index is 14.0. The molecule has 0 N–H and O–H groups in total. The normalized spacial score (nSPS) is 13.4. The molecule has 0 radical (unpaired) electrons. The molecule has 186 valence electrons. The molecule has 0 spiro atoms. The third-order valence-corrected chi connectivity index (χ3v) is 8.14. The first-order valence-corrected chi connectivity index (χ1v) is 12.6. The number of hydrogen-bond donors (Lipinski definition) is 0. The number of nitrogens with zero attached hydrogens (tertiary/aromatic N) is 2. The highest BCUT2D eigenvalue weighted by molar-refractivity contribution is 7.90. The first-order chi connectivity index (χ1) is 17.3. The third kappa shape index (κ3) is 3.52. The van der Waals surface area contributed by atoms with E-state index in [0.29, 0.717) is 46.3 Å². The van der Waals surface area contributed by atoms with Gasteiger partial charge in [0.05, 0.1) is 47.9 Å². The zero-order valence-electron chi connectivity index (χ0n) is 20.0. The summed E-state index contributed by atoms with van der Waals surface area (Å²) in [5.41, 5.74) is 1.55. The predicted octanol–water partition coefficient (Wildman–Crippen LogP) is 3.43. The molecule has 2 heterocycles. The molecule has 0 aliphatic carbocycles. The van der Waals surface area contributed by atoms with Crippen molar-refractivity contribution < 1.29 is 32.2 Å². The Labute approximate surface area is 207 Å². The molecule has 0 unspecified atom stereocenters. The smallest absolute Gasteiger partial charge is 0.340 e. The van der Waals surface area contributed by atoms with Crippen molar-refractivity contribution in [3.05, 3.63) is 71.3 Å². The highest BCUT2D eigenvalue weighted by Crippen LogP contribution is 2.41. The van der Waals surface area contributed by atoms with Crippen LogP contribution in [-0.2, 0) is 26.0 Å². The molecule has 0 saturated heterocycles. The summed E-state index contributed by atoms with van der Waals surface area (Å²) in [5.74, 6) is -0.432. The van der Waals surface area contributed by atoms with Gasteiger partial charge in [-0.3, -0.25) is 4.79 Å². The van der Waals surface area contributed by atoms with Crippen LogP contribution in [0.5, 0.6) is 5.75 Å². The van der Waals surface area contributed by atoms with Crippen molar-refractivity contribution >= 4 is 43.7 Å². The first-order valence-electron chi connectivity index (χ1n) is 11.2.